The lowest BCUT2D eigenvalue weighted by Gasteiger charge is -2.22. The van der Waals surface area contributed by atoms with Crippen molar-refractivity contribution in [2.45, 2.75) is 32.5 Å². The molecule has 3 N–H and O–H groups in total. The zero-order valence-electron chi connectivity index (χ0n) is 11.5. The first kappa shape index (κ1) is 15.5. The van der Waals surface area contributed by atoms with E-state index in [1.807, 2.05) is 25.1 Å². The molecule has 0 bridgehead atoms. The molecule has 0 fully saturated rings. The minimum atomic E-state index is -1.32. The highest BCUT2D eigenvalue weighted by molar-refractivity contribution is 5.80. The van der Waals surface area contributed by atoms with Gasteiger partial charge in [0.2, 0.25) is 0 Å². The lowest BCUT2D eigenvalue weighted by atomic mass is 10.1. The molecule has 1 amide bonds. The Balaban J connectivity index is 2.49. The topological polar surface area (TPSA) is 78.8 Å². The molecule has 1 rings (SSSR count). The third-order valence-corrected chi connectivity index (χ3v) is 2.66. The van der Waals surface area contributed by atoms with Crippen LogP contribution in [0, 0.1) is 6.92 Å². The Morgan fingerprint density at radius 2 is 2.21 bits per heavy atom. The van der Waals surface area contributed by atoms with E-state index < -0.39 is 18.3 Å². The molecule has 5 heteroatoms. The molecule has 0 aromatic heterocycles. The Morgan fingerprint density at radius 1 is 1.53 bits per heavy atom. The number of hydrogen-bond donors (Lipinski definition) is 3. The Bertz CT molecular complexity index is 431. The fraction of sp³-hybridized carbons (Fsp3) is 0.500. The van der Waals surface area contributed by atoms with Gasteiger partial charge >= 0.3 is 0 Å². The Morgan fingerprint density at radius 3 is 2.79 bits per heavy atom. The van der Waals surface area contributed by atoms with Crippen molar-refractivity contribution >= 4 is 5.91 Å². The largest absolute Gasteiger partial charge is 0.481 e. The maximum absolute atomic E-state index is 11.8. The van der Waals surface area contributed by atoms with E-state index in [0.29, 0.717) is 5.75 Å². The number of ether oxygens (including phenoxy) is 1. The third-order valence-electron chi connectivity index (χ3n) is 2.66. The number of benzene rings is 1. The van der Waals surface area contributed by atoms with Crippen LogP contribution in [0.2, 0.25) is 0 Å². The van der Waals surface area contributed by atoms with E-state index in [0.717, 1.165) is 5.56 Å². The summed E-state index contributed by atoms with van der Waals surface area (Å²) in [7, 11) is 0. The first-order chi connectivity index (χ1) is 8.84. The smallest absolute Gasteiger partial charge is 0.260 e. The summed E-state index contributed by atoms with van der Waals surface area (Å²) in [4.78, 5) is 11.8. The van der Waals surface area contributed by atoms with Crippen LogP contribution in [0.5, 0.6) is 5.75 Å². The number of aryl methyl sites for hydroxylation is 1. The van der Waals surface area contributed by atoms with Gasteiger partial charge in [-0.05, 0) is 38.5 Å². The van der Waals surface area contributed by atoms with Gasteiger partial charge in [0.1, 0.15) is 11.4 Å². The predicted molar refractivity (Wildman–Crippen MR) is 72.0 cm³/mol. The Labute approximate surface area is 113 Å². The van der Waals surface area contributed by atoms with Crippen LogP contribution in [0.1, 0.15) is 19.4 Å². The van der Waals surface area contributed by atoms with Gasteiger partial charge in [0.05, 0.1) is 6.61 Å². The summed E-state index contributed by atoms with van der Waals surface area (Å²) in [6.45, 7) is 4.57. The van der Waals surface area contributed by atoms with Crippen molar-refractivity contribution in [1.29, 1.82) is 0 Å². The summed E-state index contributed by atoms with van der Waals surface area (Å²) in [5, 5.41) is 21.0. The van der Waals surface area contributed by atoms with Gasteiger partial charge in [-0.25, -0.2) is 0 Å². The number of aliphatic hydroxyl groups excluding tert-OH is 1. The van der Waals surface area contributed by atoms with E-state index >= 15 is 0 Å². The number of rotatable bonds is 6. The summed E-state index contributed by atoms with van der Waals surface area (Å²) < 4.78 is 5.50. The average molecular weight is 267 g/mol. The maximum atomic E-state index is 11.8. The molecular weight excluding hydrogens is 246 g/mol. The van der Waals surface area contributed by atoms with E-state index in [-0.39, 0.29) is 12.5 Å². The standard InChI is InChI=1S/C14H21NO4/c1-10-5-4-6-12(7-10)19-11(2)13(17)15-8-14(3,18)9-16/h4-7,11,16,18H,8-9H2,1-3H3,(H,15,17). The van der Waals surface area contributed by atoms with Crippen LogP contribution in [-0.2, 0) is 4.79 Å². The average Bonchev–Trinajstić information content (AvgIpc) is 2.36. The van der Waals surface area contributed by atoms with Gasteiger partial charge in [-0.3, -0.25) is 4.79 Å². The van der Waals surface area contributed by atoms with E-state index in [9.17, 15) is 9.90 Å². The molecule has 2 atom stereocenters. The van der Waals surface area contributed by atoms with Gasteiger partial charge in [0, 0.05) is 6.54 Å². The van der Waals surface area contributed by atoms with Gasteiger partial charge in [-0.2, -0.15) is 0 Å². The first-order valence-corrected chi connectivity index (χ1v) is 6.18. The van der Waals surface area contributed by atoms with Crippen molar-refractivity contribution in [3.63, 3.8) is 0 Å². The molecule has 0 heterocycles. The van der Waals surface area contributed by atoms with Gasteiger partial charge in [-0.15, -0.1) is 0 Å². The van der Waals surface area contributed by atoms with Gasteiger partial charge in [0.25, 0.3) is 5.91 Å². The van der Waals surface area contributed by atoms with E-state index in [1.54, 1.807) is 13.0 Å². The molecule has 19 heavy (non-hydrogen) atoms. The quantitative estimate of drug-likeness (QED) is 0.706. The van der Waals surface area contributed by atoms with Crippen molar-refractivity contribution in [3.8, 4) is 5.75 Å². The molecule has 0 spiro atoms. The lowest BCUT2D eigenvalue weighted by molar-refractivity contribution is -0.128. The highest BCUT2D eigenvalue weighted by Crippen LogP contribution is 2.14. The second kappa shape index (κ2) is 6.54. The zero-order valence-corrected chi connectivity index (χ0v) is 11.5. The number of aliphatic hydroxyl groups is 2. The molecule has 5 nitrogen and oxygen atoms in total. The van der Waals surface area contributed by atoms with Crippen molar-refractivity contribution in [3.05, 3.63) is 29.8 Å². The molecule has 1 aromatic carbocycles. The number of hydrogen-bond acceptors (Lipinski definition) is 4. The number of carbonyl (C=O) groups excluding carboxylic acids is 1. The molecule has 0 saturated heterocycles. The number of amides is 1. The second-order valence-corrected chi connectivity index (χ2v) is 4.95. The zero-order chi connectivity index (χ0) is 14.5. The monoisotopic (exact) mass is 267 g/mol. The molecule has 0 aliphatic carbocycles. The molecule has 106 valence electrons. The fourth-order valence-electron chi connectivity index (χ4n) is 1.42. The van der Waals surface area contributed by atoms with Crippen molar-refractivity contribution in [1.82, 2.24) is 5.32 Å². The van der Waals surface area contributed by atoms with Gasteiger partial charge < -0.3 is 20.3 Å². The van der Waals surface area contributed by atoms with Crippen LogP contribution in [0.4, 0.5) is 0 Å². The molecule has 0 aliphatic rings. The maximum Gasteiger partial charge on any atom is 0.260 e. The second-order valence-electron chi connectivity index (χ2n) is 4.95. The van der Waals surface area contributed by atoms with Crippen LogP contribution in [0.25, 0.3) is 0 Å². The number of carbonyl (C=O) groups is 1. The minimum Gasteiger partial charge on any atom is -0.481 e. The van der Waals surface area contributed by atoms with E-state index in [4.69, 9.17) is 9.84 Å². The van der Waals surface area contributed by atoms with Crippen LogP contribution in [0.3, 0.4) is 0 Å². The SMILES string of the molecule is Cc1cccc(OC(C)C(=O)NCC(C)(O)CO)c1. The van der Waals surface area contributed by atoms with Crippen LogP contribution >= 0.6 is 0 Å². The highest BCUT2D eigenvalue weighted by Gasteiger charge is 2.22. The van der Waals surface area contributed by atoms with Crippen LogP contribution < -0.4 is 10.1 Å². The summed E-state index contributed by atoms with van der Waals surface area (Å²) in [6, 6.07) is 7.41. The molecule has 0 radical (unpaired) electrons. The lowest BCUT2D eigenvalue weighted by Crippen LogP contribution is -2.46. The highest BCUT2D eigenvalue weighted by atomic mass is 16.5. The normalized spacial score (nSPS) is 15.4. The first-order valence-electron chi connectivity index (χ1n) is 6.18. The van der Waals surface area contributed by atoms with Crippen molar-refractivity contribution in [2.24, 2.45) is 0 Å². The predicted octanol–water partition coefficient (Wildman–Crippen LogP) is 0.622. The van der Waals surface area contributed by atoms with Crippen LogP contribution in [-0.4, -0.2) is 41.0 Å². The van der Waals surface area contributed by atoms with Gasteiger partial charge in [0.15, 0.2) is 6.10 Å². The molecular formula is C14H21NO4. The molecule has 1 aromatic rings. The summed E-state index contributed by atoms with van der Waals surface area (Å²) in [6.07, 6.45) is -0.670. The number of nitrogens with one attached hydrogen (secondary N) is 1. The van der Waals surface area contributed by atoms with E-state index in [1.165, 1.54) is 6.92 Å². The van der Waals surface area contributed by atoms with Crippen molar-refractivity contribution in [2.75, 3.05) is 13.2 Å². The summed E-state index contributed by atoms with van der Waals surface area (Å²) >= 11 is 0. The minimum absolute atomic E-state index is 0.0240. The van der Waals surface area contributed by atoms with E-state index in [2.05, 4.69) is 5.32 Å². The van der Waals surface area contributed by atoms with Crippen LogP contribution in [0.15, 0.2) is 24.3 Å². The van der Waals surface area contributed by atoms with Gasteiger partial charge in [-0.1, -0.05) is 12.1 Å². The fourth-order valence-corrected chi connectivity index (χ4v) is 1.42. The molecule has 0 saturated carbocycles. The Kier molecular flexibility index (Phi) is 5.32. The third kappa shape index (κ3) is 5.28. The van der Waals surface area contributed by atoms with Crippen molar-refractivity contribution < 1.29 is 19.7 Å². The molecule has 2 unspecified atom stereocenters. The summed E-state index contributed by atoms with van der Waals surface area (Å²) in [5.74, 6) is 0.284. The summed E-state index contributed by atoms with van der Waals surface area (Å²) in [5.41, 5.74) is -0.271. The Hall–Kier alpha value is -1.59. The molecule has 0 aliphatic heterocycles.